The lowest BCUT2D eigenvalue weighted by Crippen LogP contribution is -2.43. The predicted molar refractivity (Wildman–Crippen MR) is 141 cm³/mol. The molecular formula is C27H33F3N2O7S. The Kier molecular flexibility index (Phi) is 9.60. The maximum atomic E-state index is 13.0. The van der Waals surface area contributed by atoms with Gasteiger partial charge in [-0.15, -0.1) is 0 Å². The van der Waals surface area contributed by atoms with Crippen LogP contribution in [-0.4, -0.2) is 51.8 Å². The topological polar surface area (TPSA) is 131 Å². The number of carbonyl (C=O) groups is 2. The zero-order valence-electron chi connectivity index (χ0n) is 22.4. The van der Waals surface area contributed by atoms with Gasteiger partial charge in [0.1, 0.15) is 0 Å². The monoisotopic (exact) mass is 586 g/mol. The maximum absolute atomic E-state index is 13.0. The van der Waals surface area contributed by atoms with Gasteiger partial charge in [-0.05, 0) is 74.3 Å². The molecule has 9 nitrogen and oxygen atoms in total. The Morgan fingerprint density at radius 3 is 1.98 bits per heavy atom. The lowest BCUT2D eigenvalue weighted by atomic mass is 9.86. The van der Waals surface area contributed by atoms with Gasteiger partial charge < -0.3 is 19.9 Å². The molecule has 4 rings (SSSR count). The summed E-state index contributed by atoms with van der Waals surface area (Å²) in [7, 11) is -0.857. The van der Waals surface area contributed by atoms with E-state index in [1.54, 1.807) is 18.2 Å². The molecule has 0 bridgehead atoms. The molecule has 2 fully saturated rings. The minimum atomic E-state index is -5.08. The van der Waals surface area contributed by atoms with Gasteiger partial charge in [0.2, 0.25) is 5.91 Å². The minimum Gasteiger partial charge on any atom is -0.493 e. The number of carboxylic acid groups (broad SMARTS) is 1. The highest BCUT2D eigenvalue weighted by molar-refractivity contribution is 7.92. The number of hydrogen-bond acceptors (Lipinski definition) is 6. The highest BCUT2D eigenvalue weighted by atomic mass is 32.2. The van der Waals surface area contributed by atoms with Crippen molar-refractivity contribution in [3.05, 3.63) is 48.0 Å². The van der Waals surface area contributed by atoms with Crippen molar-refractivity contribution in [1.82, 2.24) is 5.32 Å². The van der Waals surface area contributed by atoms with Gasteiger partial charge in [0.05, 0.1) is 24.5 Å². The van der Waals surface area contributed by atoms with E-state index in [-0.39, 0.29) is 16.8 Å². The molecule has 2 aromatic rings. The smallest absolute Gasteiger partial charge is 0.490 e. The average molecular weight is 587 g/mol. The van der Waals surface area contributed by atoms with Crippen LogP contribution in [0.2, 0.25) is 0 Å². The van der Waals surface area contributed by atoms with Gasteiger partial charge in [0, 0.05) is 17.8 Å². The van der Waals surface area contributed by atoms with Gasteiger partial charge >= 0.3 is 12.1 Å². The Hall–Kier alpha value is -3.48. The molecule has 2 aliphatic rings. The van der Waals surface area contributed by atoms with E-state index in [1.165, 1.54) is 26.4 Å². The first-order chi connectivity index (χ1) is 18.7. The van der Waals surface area contributed by atoms with E-state index in [0.717, 1.165) is 50.0 Å². The molecule has 0 aliphatic heterocycles. The number of halogens is 3. The van der Waals surface area contributed by atoms with Crippen molar-refractivity contribution >= 4 is 27.6 Å². The van der Waals surface area contributed by atoms with Gasteiger partial charge in [-0.25, -0.2) is 13.2 Å². The first kappa shape index (κ1) is 31.1. The van der Waals surface area contributed by atoms with Crippen molar-refractivity contribution in [2.75, 3.05) is 18.9 Å². The molecule has 0 spiro atoms. The Balaban J connectivity index is 0.000000559. The second kappa shape index (κ2) is 12.4. The molecule has 0 atom stereocenters. The van der Waals surface area contributed by atoms with Crippen LogP contribution in [-0.2, 0) is 25.0 Å². The number of benzene rings is 2. The maximum Gasteiger partial charge on any atom is 0.490 e. The van der Waals surface area contributed by atoms with E-state index in [1.807, 2.05) is 12.1 Å². The van der Waals surface area contributed by atoms with Crippen molar-refractivity contribution in [3.8, 4) is 11.5 Å². The second-order valence-corrected chi connectivity index (χ2v) is 11.7. The fraction of sp³-hybridized carbons (Fsp3) is 0.481. The minimum absolute atomic E-state index is 0.0732. The van der Waals surface area contributed by atoms with Crippen LogP contribution in [0.1, 0.15) is 51.0 Å². The molecule has 2 aliphatic carbocycles. The number of carboxylic acids is 1. The van der Waals surface area contributed by atoms with E-state index < -0.39 is 27.6 Å². The number of anilines is 1. The van der Waals surface area contributed by atoms with Gasteiger partial charge in [-0.3, -0.25) is 9.52 Å². The first-order valence-electron chi connectivity index (χ1n) is 12.7. The lowest BCUT2D eigenvalue weighted by molar-refractivity contribution is -0.192. The number of nitrogens with one attached hydrogen (secondary N) is 2. The fourth-order valence-electron chi connectivity index (χ4n) is 4.55. The van der Waals surface area contributed by atoms with E-state index in [2.05, 4.69) is 17.0 Å². The fourth-order valence-corrected chi connectivity index (χ4v) is 5.63. The highest BCUT2D eigenvalue weighted by Crippen LogP contribution is 2.49. The number of sulfonamides is 1. The first-order valence-corrected chi connectivity index (χ1v) is 14.2. The molecule has 0 unspecified atom stereocenters. The average Bonchev–Trinajstić information content (AvgIpc) is 3.72. The zero-order chi connectivity index (χ0) is 29.7. The number of alkyl halides is 3. The van der Waals surface area contributed by atoms with Crippen LogP contribution in [0.4, 0.5) is 18.9 Å². The summed E-state index contributed by atoms with van der Waals surface area (Å²) in [6.07, 6.45) is 0.955. The van der Waals surface area contributed by atoms with E-state index in [0.29, 0.717) is 17.2 Å². The second-order valence-electron chi connectivity index (χ2n) is 10.0. The normalized spacial score (nSPS) is 19.9. The van der Waals surface area contributed by atoms with Gasteiger partial charge in [-0.2, -0.15) is 13.2 Å². The summed E-state index contributed by atoms with van der Waals surface area (Å²) in [6, 6.07) is 11.8. The van der Waals surface area contributed by atoms with Crippen LogP contribution in [0.25, 0.3) is 0 Å². The van der Waals surface area contributed by atoms with Crippen LogP contribution in [0.15, 0.2) is 47.4 Å². The molecule has 0 radical (unpaired) electrons. The third-order valence-corrected chi connectivity index (χ3v) is 8.51. The summed E-state index contributed by atoms with van der Waals surface area (Å²) >= 11 is 0. The SMILES string of the molecule is COc1ccc(S(=O)(=O)Nc2ccc(C3(C(=O)NC4CCC(C)CC4)CC3)cc2)cc1OC.O=C(O)C(F)(F)F. The number of methoxy groups -OCH3 is 2. The van der Waals surface area contributed by atoms with E-state index in [9.17, 15) is 26.4 Å². The molecule has 2 aromatic carbocycles. The zero-order valence-corrected chi connectivity index (χ0v) is 23.2. The van der Waals surface area contributed by atoms with Crippen LogP contribution < -0.4 is 19.5 Å². The summed E-state index contributed by atoms with van der Waals surface area (Å²) in [5.41, 5.74) is 0.883. The number of rotatable bonds is 8. The molecule has 40 heavy (non-hydrogen) atoms. The Labute approximate surface area is 231 Å². The van der Waals surface area contributed by atoms with Crippen molar-refractivity contribution in [3.63, 3.8) is 0 Å². The molecule has 0 aromatic heterocycles. The van der Waals surface area contributed by atoms with Crippen LogP contribution >= 0.6 is 0 Å². The summed E-state index contributed by atoms with van der Waals surface area (Å²) in [4.78, 5) is 22.0. The van der Waals surface area contributed by atoms with Crippen LogP contribution in [0, 0.1) is 5.92 Å². The molecule has 13 heteroatoms. The Morgan fingerprint density at radius 2 is 1.50 bits per heavy atom. The van der Waals surface area contributed by atoms with Crippen molar-refractivity contribution in [2.24, 2.45) is 5.92 Å². The molecule has 1 amide bonds. The highest BCUT2D eigenvalue weighted by Gasteiger charge is 2.51. The van der Waals surface area contributed by atoms with Gasteiger partial charge in [0.25, 0.3) is 10.0 Å². The molecule has 0 heterocycles. The molecule has 2 saturated carbocycles. The van der Waals surface area contributed by atoms with Crippen LogP contribution in [0.3, 0.4) is 0 Å². The van der Waals surface area contributed by atoms with Crippen LogP contribution in [0.5, 0.6) is 11.5 Å². The van der Waals surface area contributed by atoms with E-state index in [4.69, 9.17) is 19.4 Å². The summed E-state index contributed by atoms with van der Waals surface area (Å²) in [5.74, 6) is -1.13. The van der Waals surface area contributed by atoms with Crippen molar-refractivity contribution in [2.45, 2.75) is 68.0 Å². The van der Waals surface area contributed by atoms with Gasteiger partial charge in [0.15, 0.2) is 11.5 Å². The van der Waals surface area contributed by atoms with E-state index >= 15 is 0 Å². The summed E-state index contributed by atoms with van der Waals surface area (Å²) in [6.45, 7) is 2.27. The van der Waals surface area contributed by atoms with Crippen molar-refractivity contribution in [1.29, 1.82) is 0 Å². The number of amides is 1. The summed E-state index contributed by atoms with van der Waals surface area (Å²) < 4.78 is 70.4. The summed E-state index contributed by atoms with van der Waals surface area (Å²) in [5, 5.41) is 10.4. The number of carbonyl (C=O) groups excluding carboxylic acids is 1. The standard InChI is InChI=1S/C25H32N2O5S.C2HF3O2/c1-17-4-8-19(9-5-17)26-24(28)25(14-15-25)18-6-10-20(11-7-18)27-33(29,30)21-12-13-22(31-2)23(16-21)32-3;3-2(4,5)1(6)7/h6-7,10-13,16-17,19,27H,4-5,8-9,14-15H2,1-3H3,(H,26,28);(H,6,7). The molecule has 0 saturated heterocycles. The number of ether oxygens (including phenoxy) is 2. The third-order valence-electron chi connectivity index (χ3n) is 7.13. The number of aliphatic carboxylic acids is 1. The molecule has 220 valence electrons. The largest absolute Gasteiger partial charge is 0.493 e. The molecular weight excluding hydrogens is 553 g/mol. The van der Waals surface area contributed by atoms with Gasteiger partial charge in [-0.1, -0.05) is 19.1 Å². The van der Waals surface area contributed by atoms with Crippen molar-refractivity contribution < 1.29 is 45.8 Å². The number of hydrogen-bond donors (Lipinski definition) is 3. The Morgan fingerprint density at radius 1 is 0.950 bits per heavy atom. The third kappa shape index (κ3) is 7.58. The Bertz CT molecular complexity index is 1300. The lowest BCUT2D eigenvalue weighted by Gasteiger charge is -2.28. The quantitative estimate of drug-likeness (QED) is 0.403. The molecule has 3 N–H and O–H groups in total. The predicted octanol–water partition coefficient (Wildman–Crippen LogP) is 4.86.